The first-order valence-corrected chi connectivity index (χ1v) is 4.63. The van der Waals surface area contributed by atoms with Gasteiger partial charge in [-0.3, -0.25) is 0 Å². The van der Waals surface area contributed by atoms with E-state index in [4.69, 9.17) is 9.84 Å². The zero-order valence-corrected chi connectivity index (χ0v) is 7.81. The van der Waals surface area contributed by atoms with Crippen molar-refractivity contribution in [3.63, 3.8) is 0 Å². The number of fused-ring (bicyclic) bond motifs is 1. The number of anilines is 1. The Balaban J connectivity index is 2.30. The Hall–Kier alpha value is -1.42. The molecule has 2 rings (SSSR count). The van der Waals surface area contributed by atoms with Gasteiger partial charge in [0, 0.05) is 12.6 Å². The van der Waals surface area contributed by atoms with Crippen molar-refractivity contribution < 1.29 is 14.9 Å². The van der Waals surface area contributed by atoms with Crippen LogP contribution < -0.4 is 9.64 Å². The third kappa shape index (κ3) is 1.61. The highest BCUT2D eigenvalue weighted by Crippen LogP contribution is 2.33. The first-order chi connectivity index (χ1) is 6.81. The number of hydrogen-bond acceptors (Lipinski definition) is 4. The highest BCUT2D eigenvalue weighted by atomic mass is 16.5. The van der Waals surface area contributed by atoms with E-state index in [-0.39, 0.29) is 12.4 Å². The summed E-state index contributed by atoms with van der Waals surface area (Å²) in [5.74, 6) is 0.888. The summed E-state index contributed by atoms with van der Waals surface area (Å²) in [6.45, 7) is 2.09. The summed E-state index contributed by atoms with van der Waals surface area (Å²) in [5, 5.41) is 18.1. The van der Waals surface area contributed by atoms with Gasteiger partial charge in [-0.1, -0.05) is 0 Å². The molecule has 0 spiro atoms. The second-order valence-corrected chi connectivity index (χ2v) is 3.21. The zero-order valence-electron chi connectivity index (χ0n) is 7.81. The predicted octanol–water partition coefficient (Wildman–Crippen LogP) is 0.583. The van der Waals surface area contributed by atoms with Crippen LogP contribution in [-0.2, 0) is 0 Å². The predicted molar refractivity (Wildman–Crippen MR) is 52.9 cm³/mol. The second-order valence-electron chi connectivity index (χ2n) is 3.21. The Labute approximate surface area is 82.3 Å². The van der Waals surface area contributed by atoms with Gasteiger partial charge in [-0.15, -0.1) is 0 Å². The summed E-state index contributed by atoms with van der Waals surface area (Å²) >= 11 is 0. The van der Waals surface area contributed by atoms with Crippen LogP contribution in [-0.4, -0.2) is 36.5 Å². The Bertz CT molecular complexity index is 327. The average molecular weight is 195 g/mol. The zero-order chi connectivity index (χ0) is 9.97. The van der Waals surface area contributed by atoms with Crippen molar-refractivity contribution >= 4 is 5.69 Å². The van der Waals surface area contributed by atoms with E-state index in [1.165, 1.54) is 0 Å². The fourth-order valence-corrected chi connectivity index (χ4v) is 1.62. The Morgan fingerprint density at radius 1 is 1.43 bits per heavy atom. The van der Waals surface area contributed by atoms with Gasteiger partial charge in [0.05, 0.1) is 18.8 Å². The van der Waals surface area contributed by atoms with Gasteiger partial charge in [0.25, 0.3) is 0 Å². The van der Waals surface area contributed by atoms with Crippen LogP contribution in [0.2, 0.25) is 0 Å². The maximum absolute atomic E-state index is 9.26. The maximum Gasteiger partial charge on any atom is 0.146 e. The van der Waals surface area contributed by atoms with Crippen LogP contribution in [0, 0.1) is 0 Å². The van der Waals surface area contributed by atoms with E-state index in [2.05, 4.69) is 0 Å². The van der Waals surface area contributed by atoms with Crippen LogP contribution in [0.3, 0.4) is 0 Å². The average Bonchev–Trinajstić information content (AvgIpc) is 2.18. The van der Waals surface area contributed by atoms with Crippen LogP contribution in [0.25, 0.3) is 0 Å². The van der Waals surface area contributed by atoms with Crippen molar-refractivity contribution in [1.29, 1.82) is 0 Å². The molecule has 0 bridgehead atoms. The molecule has 4 heteroatoms. The van der Waals surface area contributed by atoms with Crippen LogP contribution in [0.5, 0.6) is 11.5 Å². The highest BCUT2D eigenvalue weighted by molar-refractivity contribution is 5.62. The molecule has 0 saturated heterocycles. The molecule has 0 aliphatic carbocycles. The van der Waals surface area contributed by atoms with Crippen LogP contribution in [0.15, 0.2) is 18.2 Å². The number of phenols is 1. The molecule has 1 aromatic carbocycles. The van der Waals surface area contributed by atoms with E-state index in [1.54, 1.807) is 18.2 Å². The van der Waals surface area contributed by atoms with Gasteiger partial charge in [-0.2, -0.15) is 0 Å². The van der Waals surface area contributed by atoms with E-state index in [9.17, 15) is 5.11 Å². The summed E-state index contributed by atoms with van der Waals surface area (Å²) in [6.07, 6.45) is 0. The fraction of sp³-hybridized carbons (Fsp3) is 0.400. The summed E-state index contributed by atoms with van der Waals surface area (Å²) in [4.78, 5) is 2.04. The molecule has 14 heavy (non-hydrogen) atoms. The van der Waals surface area contributed by atoms with Crippen LogP contribution in [0.4, 0.5) is 5.69 Å². The fourth-order valence-electron chi connectivity index (χ4n) is 1.62. The lowest BCUT2D eigenvalue weighted by Crippen LogP contribution is -2.34. The molecule has 0 amide bonds. The lowest BCUT2D eigenvalue weighted by atomic mass is 10.2. The minimum Gasteiger partial charge on any atom is -0.508 e. The molecular weight excluding hydrogens is 182 g/mol. The number of nitrogens with zero attached hydrogens (tertiary/aromatic N) is 1. The molecule has 76 valence electrons. The van der Waals surface area contributed by atoms with Crippen molar-refractivity contribution in [2.24, 2.45) is 0 Å². The first kappa shape index (κ1) is 9.15. The quantitative estimate of drug-likeness (QED) is 0.725. The molecule has 1 aromatic rings. The van der Waals surface area contributed by atoms with Crippen molar-refractivity contribution in [2.45, 2.75) is 0 Å². The number of hydrogen-bond donors (Lipinski definition) is 2. The number of aromatic hydroxyl groups is 1. The highest BCUT2D eigenvalue weighted by Gasteiger charge is 2.17. The van der Waals surface area contributed by atoms with Gasteiger partial charge in [-0.05, 0) is 12.1 Å². The van der Waals surface area contributed by atoms with Crippen molar-refractivity contribution in [3.8, 4) is 11.5 Å². The molecule has 0 aromatic heterocycles. The number of β-amino-alcohol motifs (C(OH)–C–C–N with tert-alkyl or cyclic N) is 1. The largest absolute Gasteiger partial charge is 0.508 e. The lowest BCUT2D eigenvalue weighted by Gasteiger charge is -2.30. The van der Waals surface area contributed by atoms with E-state index in [0.29, 0.717) is 18.9 Å². The third-order valence-electron chi connectivity index (χ3n) is 2.27. The third-order valence-corrected chi connectivity index (χ3v) is 2.27. The first-order valence-electron chi connectivity index (χ1n) is 4.63. The number of aliphatic hydroxyl groups excluding tert-OH is 1. The monoisotopic (exact) mass is 195 g/mol. The Morgan fingerprint density at radius 2 is 2.29 bits per heavy atom. The molecule has 0 saturated carbocycles. The number of rotatable bonds is 2. The van der Waals surface area contributed by atoms with Crippen molar-refractivity contribution in [2.75, 3.05) is 31.2 Å². The summed E-state index contributed by atoms with van der Waals surface area (Å²) in [7, 11) is 0. The molecule has 2 N–H and O–H groups in total. The molecule has 4 nitrogen and oxygen atoms in total. The standard InChI is InChI=1S/C10H13NO3/c12-5-3-11-4-6-14-10-7-8(13)1-2-9(10)11/h1-2,7,12-13H,3-6H2. The minimum atomic E-state index is 0.125. The van der Waals surface area contributed by atoms with Gasteiger partial charge >= 0.3 is 0 Å². The Morgan fingerprint density at radius 3 is 3.07 bits per heavy atom. The summed E-state index contributed by atoms with van der Waals surface area (Å²) in [6, 6.07) is 5.02. The van der Waals surface area contributed by atoms with E-state index in [0.717, 1.165) is 12.2 Å². The molecular formula is C10H13NO3. The van der Waals surface area contributed by atoms with Crippen LogP contribution >= 0.6 is 0 Å². The van der Waals surface area contributed by atoms with E-state index < -0.39 is 0 Å². The second kappa shape index (κ2) is 3.75. The molecule has 1 heterocycles. The maximum atomic E-state index is 9.26. The molecule has 1 aliphatic heterocycles. The molecule has 0 atom stereocenters. The summed E-state index contributed by atoms with van der Waals surface area (Å²) < 4.78 is 5.40. The van der Waals surface area contributed by atoms with Crippen LogP contribution in [0.1, 0.15) is 0 Å². The van der Waals surface area contributed by atoms with Gasteiger partial charge in [-0.25, -0.2) is 0 Å². The van der Waals surface area contributed by atoms with Gasteiger partial charge in [0.1, 0.15) is 18.1 Å². The molecule has 0 fully saturated rings. The van der Waals surface area contributed by atoms with Gasteiger partial charge in [0.2, 0.25) is 0 Å². The number of aliphatic hydroxyl groups is 1. The van der Waals surface area contributed by atoms with Crippen molar-refractivity contribution in [3.05, 3.63) is 18.2 Å². The van der Waals surface area contributed by atoms with Crippen molar-refractivity contribution in [1.82, 2.24) is 0 Å². The Kier molecular flexibility index (Phi) is 2.45. The SMILES string of the molecule is OCCN1CCOc2cc(O)ccc21. The molecule has 0 radical (unpaired) electrons. The van der Waals surface area contributed by atoms with Gasteiger partial charge in [0.15, 0.2) is 0 Å². The van der Waals surface area contributed by atoms with E-state index >= 15 is 0 Å². The number of ether oxygens (including phenoxy) is 1. The van der Waals surface area contributed by atoms with E-state index in [1.807, 2.05) is 4.90 Å². The molecule has 1 aliphatic rings. The van der Waals surface area contributed by atoms with Gasteiger partial charge < -0.3 is 19.8 Å². The topological polar surface area (TPSA) is 52.9 Å². The minimum absolute atomic E-state index is 0.125. The lowest BCUT2D eigenvalue weighted by molar-refractivity contribution is 0.277. The number of phenolic OH excluding ortho intramolecular Hbond substituents is 1. The summed E-state index contributed by atoms with van der Waals surface area (Å²) in [5.41, 5.74) is 0.933. The normalized spacial score (nSPS) is 14.8. The number of benzene rings is 1. The smallest absolute Gasteiger partial charge is 0.146 e. The molecule has 0 unspecified atom stereocenters.